The van der Waals surface area contributed by atoms with Gasteiger partial charge in [0.05, 0.1) is 17.9 Å². The van der Waals surface area contributed by atoms with Crippen LogP contribution in [0.3, 0.4) is 0 Å². The Bertz CT molecular complexity index is 1320. The smallest absolute Gasteiger partial charge is 0.179 e. The number of fused-ring (bicyclic) bond motifs is 2. The summed E-state index contributed by atoms with van der Waals surface area (Å²) in [5.74, 6) is 1.39. The number of rotatable bonds is 5. The molecule has 6 rings (SSSR count). The van der Waals surface area contributed by atoms with E-state index in [1.54, 1.807) is 6.20 Å². The molecule has 0 radical (unpaired) electrons. The van der Waals surface area contributed by atoms with Gasteiger partial charge in [-0.15, -0.1) is 5.10 Å². The van der Waals surface area contributed by atoms with Crippen molar-refractivity contribution in [1.29, 1.82) is 5.26 Å². The molecule has 0 bridgehead atoms. The monoisotopic (exact) mass is 451 g/mol. The van der Waals surface area contributed by atoms with Crippen LogP contribution >= 0.6 is 0 Å². The van der Waals surface area contributed by atoms with E-state index in [9.17, 15) is 5.26 Å². The zero-order valence-electron chi connectivity index (χ0n) is 19.3. The predicted molar refractivity (Wildman–Crippen MR) is 130 cm³/mol. The SMILES string of the molecule is N#CN1C[C@@H]2CCCC[C@H]2C[C@H]1c1[nH]c2ccccc2c1CCn1cc(-c2ccccn2)nn1. The quantitative estimate of drug-likeness (QED) is 0.427. The summed E-state index contributed by atoms with van der Waals surface area (Å²) < 4.78 is 1.90. The maximum atomic E-state index is 10.0. The van der Waals surface area contributed by atoms with Gasteiger partial charge in [-0.25, -0.2) is 0 Å². The molecule has 4 aromatic rings. The summed E-state index contributed by atoms with van der Waals surface area (Å²) in [6.07, 6.45) is 13.3. The highest BCUT2D eigenvalue weighted by Crippen LogP contribution is 2.45. The van der Waals surface area contributed by atoms with Crippen LogP contribution in [0.25, 0.3) is 22.3 Å². The number of aromatic amines is 1. The molecule has 0 spiro atoms. The molecule has 1 N–H and O–H groups in total. The van der Waals surface area contributed by atoms with Crippen molar-refractivity contribution in [3.8, 4) is 17.6 Å². The Hall–Kier alpha value is -3.66. The van der Waals surface area contributed by atoms with Crippen molar-refractivity contribution < 1.29 is 0 Å². The Balaban J connectivity index is 1.30. The molecule has 2 fully saturated rings. The molecule has 3 atom stereocenters. The van der Waals surface area contributed by atoms with Crippen LogP contribution in [0.5, 0.6) is 0 Å². The van der Waals surface area contributed by atoms with Gasteiger partial charge in [-0.05, 0) is 54.9 Å². The molecular weight excluding hydrogens is 422 g/mol. The third-order valence-corrected chi connectivity index (χ3v) is 7.77. The minimum atomic E-state index is 0.117. The normalized spacial score (nSPS) is 22.4. The van der Waals surface area contributed by atoms with Crippen LogP contribution in [-0.2, 0) is 13.0 Å². The molecule has 1 saturated carbocycles. The number of H-pyrrole nitrogens is 1. The van der Waals surface area contributed by atoms with Crippen LogP contribution < -0.4 is 0 Å². The predicted octanol–water partition coefficient (Wildman–Crippen LogP) is 5.10. The molecule has 1 aliphatic carbocycles. The number of benzene rings is 1. The summed E-state index contributed by atoms with van der Waals surface area (Å²) in [5, 5.41) is 19.9. The second-order valence-corrected chi connectivity index (χ2v) is 9.70. The van der Waals surface area contributed by atoms with Gasteiger partial charge in [0.15, 0.2) is 6.19 Å². The van der Waals surface area contributed by atoms with Crippen molar-refractivity contribution in [3.63, 3.8) is 0 Å². The Morgan fingerprint density at radius 2 is 1.88 bits per heavy atom. The third kappa shape index (κ3) is 3.83. The van der Waals surface area contributed by atoms with E-state index in [0.717, 1.165) is 48.8 Å². The first-order chi connectivity index (χ1) is 16.8. The molecule has 34 heavy (non-hydrogen) atoms. The minimum absolute atomic E-state index is 0.117. The maximum Gasteiger partial charge on any atom is 0.179 e. The van der Waals surface area contributed by atoms with Gasteiger partial charge in [0.1, 0.15) is 5.69 Å². The Morgan fingerprint density at radius 1 is 1.03 bits per heavy atom. The first-order valence-electron chi connectivity index (χ1n) is 12.4. The lowest BCUT2D eigenvalue weighted by molar-refractivity contribution is 0.0746. The van der Waals surface area contributed by atoms with Crippen LogP contribution in [0, 0.1) is 23.3 Å². The molecule has 7 heteroatoms. The van der Waals surface area contributed by atoms with Crippen molar-refractivity contribution in [2.75, 3.05) is 6.54 Å². The number of piperidine rings is 1. The first kappa shape index (κ1) is 20.9. The van der Waals surface area contributed by atoms with Crippen LogP contribution in [0.15, 0.2) is 54.9 Å². The van der Waals surface area contributed by atoms with Gasteiger partial charge in [0, 0.05) is 35.9 Å². The van der Waals surface area contributed by atoms with Crippen molar-refractivity contribution in [1.82, 2.24) is 29.9 Å². The van der Waals surface area contributed by atoms with Gasteiger partial charge >= 0.3 is 0 Å². The fourth-order valence-corrected chi connectivity index (χ4v) is 6.05. The number of nitrogens with zero attached hydrogens (tertiary/aromatic N) is 6. The van der Waals surface area contributed by atoms with Crippen LogP contribution in [0.4, 0.5) is 0 Å². The highest BCUT2D eigenvalue weighted by molar-refractivity contribution is 5.84. The van der Waals surface area contributed by atoms with E-state index in [4.69, 9.17) is 0 Å². The number of hydrogen-bond donors (Lipinski definition) is 1. The number of nitriles is 1. The topological polar surface area (TPSA) is 86.4 Å². The highest BCUT2D eigenvalue weighted by Gasteiger charge is 2.38. The molecule has 1 saturated heterocycles. The van der Waals surface area contributed by atoms with Gasteiger partial charge in [0.25, 0.3) is 0 Å². The summed E-state index contributed by atoms with van der Waals surface area (Å²) in [4.78, 5) is 10.1. The zero-order chi connectivity index (χ0) is 22.9. The average molecular weight is 452 g/mol. The Morgan fingerprint density at radius 3 is 2.74 bits per heavy atom. The standard InChI is InChI=1S/C27H29N7/c28-18-33-16-20-8-2-1-7-19(20)15-26(33)27-22(21-9-3-4-10-23(21)30-27)12-14-34-17-25(31-32-34)24-11-5-6-13-29-24/h3-6,9-11,13,17,19-20,26,30H,1-2,7-8,12,14-16H2/t19-,20-,26-/m0/s1. The van der Waals surface area contributed by atoms with Crippen LogP contribution in [-0.4, -0.2) is 36.4 Å². The van der Waals surface area contributed by atoms with Gasteiger partial charge in [-0.2, -0.15) is 5.26 Å². The molecule has 3 aromatic heterocycles. The van der Waals surface area contributed by atoms with Gasteiger partial charge in [-0.1, -0.05) is 48.7 Å². The summed E-state index contributed by atoms with van der Waals surface area (Å²) >= 11 is 0. The third-order valence-electron chi connectivity index (χ3n) is 7.77. The number of aryl methyl sites for hydroxylation is 2. The Labute approximate surface area is 199 Å². The van der Waals surface area contributed by atoms with E-state index < -0.39 is 0 Å². The first-order valence-corrected chi connectivity index (χ1v) is 12.4. The lowest BCUT2D eigenvalue weighted by Gasteiger charge is -2.44. The van der Waals surface area contributed by atoms with Crippen LogP contribution in [0.2, 0.25) is 0 Å². The van der Waals surface area contributed by atoms with Crippen molar-refractivity contribution in [3.05, 3.63) is 66.1 Å². The molecule has 1 aromatic carbocycles. The molecule has 1 aliphatic heterocycles. The molecular formula is C27H29N7. The van der Waals surface area contributed by atoms with E-state index in [0.29, 0.717) is 5.92 Å². The summed E-state index contributed by atoms with van der Waals surface area (Å²) in [6.45, 7) is 1.61. The second kappa shape index (κ2) is 8.94. The zero-order valence-corrected chi connectivity index (χ0v) is 19.3. The number of pyridine rings is 1. The number of aromatic nitrogens is 5. The molecule has 172 valence electrons. The van der Waals surface area contributed by atoms with Gasteiger partial charge in [0.2, 0.25) is 0 Å². The van der Waals surface area contributed by atoms with E-state index in [2.05, 4.69) is 50.7 Å². The van der Waals surface area contributed by atoms with Gasteiger partial charge in [-0.3, -0.25) is 9.67 Å². The number of para-hydroxylation sites is 1. The van der Waals surface area contributed by atoms with E-state index in [1.165, 1.54) is 42.3 Å². The second-order valence-electron chi connectivity index (χ2n) is 9.70. The molecule has 0 amide bonds. The Kier molecular flexibility index (Phi) is 5.50. The number of likely N-dealkylation sites (tertiary alicyclic amines) is 1. The van der Waals surface area contributed by atoms with Gasteiger partial charge < -0.3 is 9.88 Å². The summed E-state index contributed by atoms with van der Waals surface area (Å²) in [7, 11) is 0. The lowest BCUT2D eigenvalue weighted by Crippen LogP contribution is -2.41. The van der Waals surface area contributed by atoms with E-state index in [-0.39, 0.29) is 6.04 Å². The van der Waals surface area contributed by atoms with Crippen LogP contribution in [0.1, 0.15) is 49.4 Å². The number of nitrogens with one attached hydrogen (secondary N) is 1. The molecule has 0 unspecified atom stereocenters. The fourth-order valence-electron chi connectivity index (χ4n) is 6.05. The van der Waals surface area contributed by atoms with E-state index >= 15 is 0 Å². The molecule has 4 heterocycles. The molecule has 7 nitrogen and oxygen atoms in total. The number of hydrogen-bond acceptors (Lipinski definition) is 5. The average Bonchev–Trinajstić information content (AvgIpc) is 3.52. The van der Waals surface area contributed by atoms with Crippen molar-refractivity contribution in [2.45, 2.75) is 51.1 Å². The highest BCUT2D eigenvalue weighted by atomic mass is 15.4. The summed E-state index contributed by atoms with van der Waals surface area (Å²) in [5.41, 5.74) is 5.26. The maximum absolute atomic E-state index is 10.0. The van der Waals surface area contributed by atoms with Crippen molar-refractivity contribution >= 4 is 10.9 Å². The van der Waals surface area contributed by atoms with E-state index in [1.807, 2.05) is 34.0 Å². The van der Waals surface area contributed by atoms with Crippen molar-refractivity contribution in [2.24, 2.45) is 11.8 Å². The molecule has 2 aliphatic rings. The fraction of sp³-hybridized carbons (Fsp3) is 0.407. The lowest BCUT2D eigenvalue weighted by atomic mass is 9.72. The minimum Gasteiger partial charge on any atom is -0.356 e. The largest absolute Gasteiger partial charge is 0.356 e. The summed E-state index contributed by atoms with van der Waals surface area (Å²) in [6, 6.07) is 14.4.